The van der Waals surface area contributed by atoms with Crippen LogP contribution in [0.4, 0.5) is 10.5 Å². The third-order valence-corrected chi connectivity index (χ3v) is 7.48. The van der Waals surface area contributed by atoms with Crippen LogP contribution in [0.5, 0.6) is 0 Å². The average molecular weight is 486 g/mol. The molecule has 2 rings (SSSR count). The van der Waals surface area contributed by atoms with Crippen molar-refractivity contribution < 1.29 is 28.8 Å². The lowest BCUT2D eigenvalue weighted by atomic mass is 9.88. The molecule has 1 fully saturated rings. The normalized spacial score (nSPS) is 22.2. The van der Waals surface area contributed by atoms with Crippen LogP contribution >= 0.6 is 25.3 Å². The highest BCUT2D eigenvalue weighted by atomic mass is 32.1. The summed E-state index contributed by atoms with van der Waals surface area (Å²) in [5.41, 5.74) is 0.463. The first-order valence-corrected chi connectivity index (χ1v) is 10.8. The molecule has 1 heterocycles. The smallest absolute Gasteiger partial charge is 0.411 e. The summed E-state index contributed by atoms with van der Waals surface area (Å²) in [7, 11) is 1.42. The van der Waals surface area contributed by atoms with Crippen molar-refractivity contribution in [2.75, 3.05) is 20.4 Å². The molecule has 1 saturated heterocycles. The molecule has 0 aromatic heterocycles. The molecule has 0 saturated carbocycles. The molecular weight excluding hydrogens is 458 g/mol. The van der Waals surface area contributed by atoms with E-state index >= 15 is 0 Å². The lowest BCUT2D eigenvalue weighted by Crippen LogP contribution is -2.63. The molecule has 2 amide bonds. The molecule has 0 bridgehead atoms. The Kier molecular flexibility index (Phi) is 8.54. The highest BCUT2D eigenvalue weighted by molar-refractivity contribution is 7.87. The minimum Gasteiger partial charge on any atom is -0.445 e. The number of nitrogens with one attached hydrogen (secondary N) is 1. The molecule has 1 unspecified atom stereocenters. The van der Waals surface area contributed by atoms with Gasteiger partial charge in [-0.15, -0.1) is 12.6 Å². The summed E-state index contributed by atoms with van der Waals surface area (Å²) in [6.45, 7) is 2.98. The summed E-state index contributed by atoms with van der Waals surface area (Å²) in [5.74, 6) is -1.16. The number of amides is 2. The van der Waals surface area contributed by atoms with Gasteiger partial charge in [-0.05, 0) is 37.5 Å². The second kappa shape index (κ2) is 10.5. The van der Waals surface area contributed by atoms with Crippen LogP contribution in [0.3, 0.4) is 0 Å². The van der Waals surface area contributed by atoms with E-state index in [1.54, 1.807) is 6.92 Å². The Morgan fingerprint density at radius 2 is 1.97 bits per heavy atom. The summed E-state index contributed by atoms with van der Waals surface area (Å²) in [4.78, 5) is 48.2. The fraction of sp³-hybridized carbons (Fsp3) is 0.550. The number of hydrogen-bond donors (Lipinski definition) is 3. The third kappa shape index (κ3) is 5.18. The number of hydrogen-bond acceptors (Lipinski definition) is 9. The molecule has 1 aromatic rings. The number of ether oxygens (including phenoxy) is 2. The van der Waals surface area contributed by atoms with Gasteiger partial charge in [0.25, 0.3) is 5.69 Å². The number of Topliss-reactive ketones (excluding diaryl/α,β-unsaturated/α-hetero) is 1. The van der Waals surface area contributed by atoms with E-state index in [0.717, 1.165) is 0 Å². The number of methoxy groups -OCH3 is 1. The molecule has 0 aliphatic carbocycles. The van der Waals surface area contributed by atoms with Crippen LogP contribution in [0.1, 0.15) is 32.3 Å². The molecule has 1 aliphatic rings. The molecule has 12 heteroatoms. The number of rotatable bonds is 9. The van der Waals surface area contributed by atoms with E-state index in [2.05, 4.69) is 17.9 Å². The Morgan fingerprint density at radius 3 is 2.47 bits per heavy atom. The van der Waals surface area contributed by atoms with E-state index < -0.39 is 32.5 Å². The molecule has 0 radical (unpaired) electrons. The fourth-order valence-corrected chi connectivity index (χ4v) is 4.56. The van der Waals surface area contributed by atoms with Crippen molar-refractivity contribution in [3.8, 4) is 0 Å². The molecule has 1 aromatic carbocycles. The van der Waals surface area contributed by atoms with Crippen molar-refractivity contribution in [3.63, 3.8) is 0 Å². The second-order valence-electron chi connectivity index (χ2n) is 7.57. The maximum atomic E-state index is 13.0. The number of non-ortho nitro benzene ring substituents is 1. The first kappa shape index (κ1) is 25.9. The summed E-state index contributed by atoms with van der Waals surface area (Å²) in [5, 5.41) is 13.4. The SMILES string of the molecule is CCC(S)(C(=O)NCOC)[C@@]1(S)C[C@@H](C(C)=O)CN1C(=O)OCc1ccc([N+](=O)[O-])cc1. The standard InChI is InChI=1S/C20H27N3O7S2/c1-4-19(31,17(25)21-12-29-3)20(32)9-15(13(2)24)10-22(20)18(26)30-11-14-5-7-16(8-6-14)23(27)28/h5-8,15,31-32H,4,9-12H2,1-3H3,(H,21,25)/t15-,19?,20+/m1/s1. The number of carbonyl (C=O) groups is 3. The van der Waals surface area contributed by atoms with Gasteiger partial charge >= 0.3 is 6.09 Å². The lowest BCUT2D eigenvalue weighted by Gasteiger charge is -2.45. The van der Waals surface area contributed by atoms with Gasteiger partial charge in [0.15, 0.2) is 0 Å². The van der Waals surface area contributed by atoms with Crippen molar-refractivity contribution in [2.45, 2.75) is 42.9 Å². The topological polar surface area (TPSA) is 128 Å². The largest absolute Gasteiger partial charge is 0.445 e. The van der Waals surface area contributed by atoms with Gasteiger partial charge in [0.05, 0.1) is 4.92 Å². The van der Waals surface area contributed by atoms with Gasteiger partial charge in [-0.3, -0.25) is 24.6 Å². The lowest BCUT2D eigenvalue weighted by molar-refractivity contribution is -0.384. The van der Waals surface area contributed by atoms with Gasteiger partial charge in [-0.25, -0.2) is 4.79 Å². The van der Waals surface area contributed by atoms with Crippen LogP contribution < -0.4 is 5.32 Å². The van der Waals surface area contributed by atoms with Crippen LogP contribution in [0.15, 0.2) is 24.3 Å². The zero-order valence-electron chi connectivity index (χ0n) is 18.1. The van der Waals surface area contributed by atoms with E-state index in [4.69, 9.17) is 22.1 Å². The molecule has 176 valence electrons. The molecule has 10 nitrogen and oxygen atoms in total. The number of likely N-dealkylation sites (tertiary alicyclic amines) is 1. The molecule has 3 atom stereocenters. The maximum Gasteiger partial charge on any atom is 0.411 e. The van der Waals surface area contributed by atoms with Gasteiger partial charge in [-0.2, -0.15) is 12.6 Å². The number of benzene rings is 1. The van der Waals surface area contributed by atoms with Crippen molar-refractivity contribution >= 4 is 48.7 Å². The minimum absolute atomic E-state index is 0.0256. The molecule has 0 spiro atoms. The first-order chi connectivity index (χ1) is 15.0. The van der Waals surface area contributed by atoms with Crippen LogP contribution in [-0.2, 0) is 25.7 Å². The monoisotopic (exact) mass is 485 g/mol. The van der Waals surface area contributed by atoms with E-state index in [9.17, 15) is 24.5 Å². The molecule has 1 aliphatic heterocycles. The van der Waals surface area contributed by atoms with Crippen LogP contribution in [0.2, 0.25) is 0 Å². The Morgan fingerprint density at radius 1 is 1.34 bits per heavy atom. The minimum atomic E-state index is -1.44. The van der Waals surface area contributed by atoms with Crippen LogP contribution in [0.25, 0.3) is 0 Å². The highest BCUT2D eigenvalue weighted by Gasteiger charge is 2.61. The maximum absolute atomic E-state index is 13.0. The number of nitro benzene ring substituents is 1. The quantitative estimate of drug-likeness (QED) is 0.212. The number of nitro groups is 1. The summed E-state index contributed by atoms with van der Waals surface area (Å²) in [6, 6.07) is 5.58. The van der Waals surface area contributed by atoms with E-state index in [1.807, 2.05) is 0 Å². The number of carbonyl (C=O) groups excluding carboxylic acids is 3. The van der Waals surface area contributed by atoms with Crippen LogP contribution in [-0.4, -0.2) is 57.6 Å². The zero-order valence-corrected chi connectivity index (χ0v) is 19.9. The number of ketones is 1. The van der Waals surface area contributed by atoms with Crippen LogP contribution in [0, 0.1) is 16.0 Å². The Labute approximate surface area is 197 Å². The van der Waals surface area contributed by atoms with Gasteiger partial charge in [0, 0.05) is 31.7 Å². The van der Waals surface area contributed by atoms with Gasteiger partial charge < -0.3 is 14.8 Å². The number of nitrogens with zero attached hydrogens (tertiary/aromatic N) is 2. The van der Waals surface area contributed by atoms with Gasteiger partial charge in [-0.1, -0.05) is 6.92 Å². The van der Waals surface area contributed by atoms with Crippen molar-refractivity contribution in [2.24, 2.45) is 5.92 Å². The van der Waals surface area contributed by atoms with Crippen molar-refractivity contribution in [1.29, 1.82) is 0 Å². The van der Waals surface area contributed by atoms with E-state index in [0.29, 0.717) is 5.56 Å². The molecular formula is C20H27N3O7S2. The summed E-state index contributed by atoms with van der Waals surface area (Å²) in [6.07, 6.45) is -0.435. The highest BCUT2D eigenvalue weighted by Crippen LogP contribution is 2.49. The second-order valence-corrected chi connectivity index (χ2v) is 9.07. The Bertz CT molecular complexity index is 882. The summed E-state index contributed by atoms with van der Waals surface area (Å²) < 4.78 is 8.86. The zero-order chi connectivity index (χ0) is 24.1. The van der Waals surface area contributed by atoms with Crippen molar-refractivity contribution in [3.05, 3.63) is 39.9 Å². The third-order valence-electron chi connectivity index (χ3n) is 5.61. The predicted molar refractivity (Wildman–Crippen MR) is 123 cm³/mol. The molecule has 32 heavy (non-hydrogen) atoms. The summed E-state index contributed by atoms with van der Waals surface area (Å²) >= 11 is 9.36. The van der Waals surface area contributed by atoms with Crippen molar-refractivity contribution in [1.82, 2.24) is 10.2 Å². The number of thiol groups is 2. The fourth-order valence-electron chi connectivity index (χ4n) is 3.63. The molecule has 1 N–H and O–H groups in total. The average Bonchev–Trinajstić information content (AvgIpc) is 3.14. The predicted octanol–water partition coefficient (Wildman–Crippen LogP) is 2.57. The van der Waals surface area contributed by atoms with Gasteiger partial charge in [0.2, 0.25) is 5.91 Å². The van der Waals surface area contributed by atoms with E-state index in [-0.39, 0.29) is 44.2 Å². The first-order valence-electron chi connectivity index (χ1n) is 9.90. The Balaban J connectivity index is 2.26. The van der Waals surface area contributed by atoms with Gasteiger partial charge in [0.1, 0.15) is 28.7 Å². The van der Waals surface area contributed by atoms with E-state index in [1.165, 1.54) is 43.2 Å². The Hall–Kier alpha value is -2.31.